The Balaban J connectivity index is 1.37. The molecule has 23 heavy (non-hydrogen) atoms. The summed E-state index contributed by atoms with van der Waals surface area (Å²) in [5, 5.41) is 4.40. The third-order valence-electron chi connectivity index (χ3n) is 4.80. The maximum Gasteiger partial charge on any atom is 0.0992 e. The van der Waals surface area contributed by atoms with Crippen molar-refractivity contribution in [1.82, 2.24) is 9.88 Å². The van der Waals surface area contributed by atoms with Gasteiger partial charge in [-0.1, -0.05) is 6.07 Å². The van der Waals surface area contributed by atoms with E-state index in [1.165, 1.54) is 5.56 Å². The first-order valence-electron chi connectivity index (χ1n) is 8.27. The monoisotopic (exact) mass is 330 g/mol. The van der Waals surface area contributed by atoms with Crippen LogP contribution in [0.4, 0.5) is 0 Å². The minimum Gasteiger partial charge on any atom is -0.373 e. The Bertz CT molecular complexity index is 605. The second kappa shape index (κ2) is 7.09. The molecule has 122 valence electrons. The molecule has 3 atom stereocenters. The third kappa shape index (κ3) is 3.48. The molecule has 3 heterocycles. The van der Waals surface area contributed by atoms with Gasteiger partial charge in [-0.2, -0.15) is 11.3 Å². The molecular weight excluding hydrogens is 308 g/mol. The Morgan fingerprint density at radius 1 is 1.30 bits per heavy atom. The summed E-state index contributed by atoms with van der Waals surface area (Å²) in [6, 6.07) is 6.72. The van der Waals surface area contributed by atoms with Crippen LogP contribution < -0.4 is 0 Å². The molecule has 2 aliphatic rings. The van der Waals surface area contributed by atoms with Crippen LogP contribution in [0.2, 0.25) is 0 Å². The predicted octanol–water partition coefficient (Wildman–Crippen LogP) is 3.09. The summed E-state index contributed by atoms with van der Waals surface area (Å²) in [4.78, 5) is 6.72. The van der Waals surface area contributed by atoms with E-state index < -0.39 is 0 Å². The predicted molar refractivity (Wildman–Crippen MR) is 90.3 cm³/mol. The summed E-state index contributed by atoms with van der Waals surface area (Å²) in [5.74, 6) is 0. The molecule has 0 aromatic carbocycles. The highest BCUT2D eigenvalue weighted by molar-refractivity contribution is 7.07. The summed E-state index contributed by atoms with van der Waals surface area (Å²) in [7, 11) is 0. The van der Waals surface area contributed by atoms with Gasteiger partial charge >= 0.3 is 0 Å². The average Bonchev–Trinajstić information content (AvgIpc) is 3.24. The van der Waals surface area contributed by atoms with Crippen molar-refractivity contribution in [3.63, 3.8) is 0 Å². The van der Waals surface area contributed by atoms with E-state index in [0.29, 0.717) is 12.6 Å². The van der Waals surface area contributed by atoms with Crippen LogP contribution in [0.5, 0.6) is 0 Å². The molecule has 0 unspecified atom stereocenters. The lowest BCUT2D eigenvalue weighted by atomic mass is 10.1. The highest BCUT2D eigenvalue weighted by Gasteiger charge is 2.43. The number of hydrogen-bond donors (Lipinski definition) is 0. The van der Waals surface area contributed by atoms with Crippen molar-refractivity contribution in [3.8, 4) is 0 Å². The molecule has 4 nitrogen and oxygen atoms in total. The van der Waals surface area contributed by atoms with Gasteiger partial charge in [0.1, 0.15) is 0 Å². The molecule has 2 fully saturated rings. The van der Waals surface area contributed by atoms with Crippen molar-refractivity contribution in [2.45, 2.75) is 44.2 Å². The van der Waals surface area contributed by atoms with Gasteiger partial charge in [-0.25, -0.2) is 0 Å². The summed E-state index contributed by atoms with van der Waals surface area (Å²) >= 11 is 1.77. The van der Waals surface area contributed by atoms with Crippen LogP contribution in [0.1, 0.15) is 24.0 Å². The van der Waals surface area contributed by atoms with Gasteiger partial charge in [-0.15, -0.1) is 0 Å². The first kappa shape index (κ1) is 15.3. The van der Waals surface area contributed by atoms with Crippen LogP contribution in [0.3, 0.4) is 0 Å². The summed E-state index contributed by atoms with van der Waals surface area (Å²) < 4.78 is 12.2. The number of nitrogens with zero attached hydrogens (tertiary/aromatic N) is 2. The minimum atomic E-state index is 0.200. The Morgan fingerprint density at radius 3 is 3.13 bits per heavy atom. The second-order valence-corrected chi connectivity index (χ2v) is 7.07. The van der Waals surface area contributed by atoms with Crippen LogP contribution in [-0.2, 0) is 22.6 Å². The van der Waals surface area contributed by atoms with Gasteiger partial charge < -0.3 is 9.47 Å². The normalized spacial score (nSPS) is 27.9. The Hall–Kier alpha value is -1.27. The lowest BCUT2D eigenvalue weighted by Gasteiger charge is -2.39. The number of aromatic nitrogens is 1. The van der Waals surface area contributed by atoms with E-state index >= 15 is 0 Å². The van der Waals surface area contributed by atoms with Crippen LogP contribution in [-0.4, -0.2) is 41.3 Å². The molecule has 5 heteroatoms. The number of hydrogen-bond acceptors (Lipinski definition) is 5. The van der Waals surface area contributed by atoms with Gasteiger partial charge in [-0.05, 0) is 46.9 Å². The second-order valence-electron chi connectivity index (χ2n) is 6.29. The third-order valence-corrected chi connectivity index (χ3v) is 5.54. The number of ether oxygens (including phenoxy) is 2. The summed E-state index contributed by atoms with van der Waals surface area (Å²) in [6.45, 7) is 3.48. The van der Waals surface area contributed by atoms with Crippen molar-refractivity contribution in [1.29, 1.82) is 0 Å². The first-order valence-corrected chi connectivity index (χ1v) is 9.21. The van der Waals surface area contributed by atoms with Crippen LogP contribution in [0.15, 0.2) is 41.4 Å². The van der Waals surface area contributed by atoms with Gasteiger partial charge in [0.2, 0.25) is 0 Å². The largest absolute Gasteiger partial charge is 0.373 e. The van der Waals surface area contributed by atoms with Crippen molar-refractivity contribution in [3.05, 3.63) is 52.5 Å². The molecule has 2 aromatic rings. The topological polar surface area (TPSA) is 34.6 Å². The molecule has 0 radical (unpaired) electrons. The number of pyridine rings is 1. The number of fused-ring (bicyclic) bond motifs is 1. The highest BCUT2D eigenvalue weighted by Crippen LogP contribution is 2.33. The van der Waals surface area contributed by atoms with Gasteiger partial charge in [-0.3, -0.25) is 9.88 Å². The Labute approximate surface area is 141 Å². The zero-order valence-electron chi connectivity index (χ0n) is 13.1. The molecule has 0 amide bonds. The van der Waals surface area contributed by atoms with Gasteiger partial charge in [0.15, 0.2) is 0 Å². The molecule has 0 N–H and O–H groups in total. The smallest absolute Gasteiger partial charge is 0.0992 e. The Morgan fingerprint density at radius 2 is 2.30 bits per heavy atom. The van der Waals surface area contributed by atoms with E-state index in [9.17, 15) is 0 Å². The zero-order chi connectivity index (χ0) is 15.5. The molecule has 1 aliphatic carbocycles. The number of rotatable bonds is 5. The molecule has 1 saturated carbocycles. The van der Waals surface area contributed by atoms with Crippen LogP contribution >= 0.6 is 11.3 Å². The van der Waals surface area contributed by atoms with Gasteiger partial charge in [0.05, 0.1) is 25.4 Å². The van der Waals surface area contributed by atoms with E-state index in [0.717, 1.165) is 38.1 Å². The van der Waals surface area contributed by atoms with Crippen molar-refractivity contribution >= 4 is 11.3 Å². The molecular formula is C18H22N2O2S. The summed E-state index contributed by atoms with van der Waals surface area (Å²) in [5.41, 5.74) is 2.54. The van der Waals surface area contributed by atoms with Crippen LogP contribution in [0.25, 0.3) is 0 Å². The SMILES string of the molecule is c1cncc(CO[C@H]2CC[C@H]3[C@@H]2OCCN3Cc2ccsc2)c1. The fourth-order valence-electron chi connectivity index (χ4n) is 3.67. The lowest BCUT2D eigenvalue weighted by Crippen LogP contribution is -2.51. The standard InChI is InChI=1S/C18H22N2O2S/c1-2-14(10-19-6-1)12-22-17-4-3-16-18(17)21-8-7-20(16)11-15-5-9-23-13-15/h1-2,5-6,9-10,13,16-18H,3-4,7-8,11-12H2/t16-,17-,18-/m0/s1. The molecule has 1 aliphatic heterocycles. The first-order chi connectivity index (χ1) is 11.4. The van der Waals surface area contributed by atoms with E-state index in [2.05, 4.69) is 32.8 Å². The van der Waals surface area contributed by atoms with Crippen molar-refractivity contribution < 1.29 is 9.47 Å². The maximum absolute atomic E-state index is 6.15. The van der Waals surface area contributed by atoms with Crippen molar-refractivity contribution in [2.24, 2.45) is 0 Å². The molecule has 2 aromatic heterocycles. The van der Waals surface area contributed by atoms with E-state index in [4.69, 9.17) is 9.47 Å². The highest BCUT2D eigenvalue weighted by atomic mass is 32.1. The lowest BCUT2D eigenvalue weighted by molar-refractivity contribution is -0.118. The van der Waals surface area contributed by atoms with Crippen LogP contribution in [0, 0.1) is 0 Å². The fourth-order valence-corrected chi connectivity index (χ4v) is 4.33. The van der Waals surface area contributed by atoms with Gasteiger partial charge in [0, 0.05) is 31.5 Å². The molecule has 0 spiro atoms. The van der Waals surface area contributed by atoms with Crippen molar-refractivity contribution in [2.75, 3.05) is 13.2 Å². The molecule has 0 bridgehead atoms. The number of thiophene rings is 1. The zero-order valence-corrected chi connectivity index (χ0v) is 14.0. The van der Waals surface area contributed by atoms with Gasteiger partial charge in [0.25, 0.3) is 0 Å². The fraction of sp³-hybridized carbons (Fsp3) is 0.500. The molecule has 1 saturated heterocycles. The van der Waals surface area contributed by atoms with E-state index in [-0.39, 0.29) is 12.2 Å². The van der Waals surface area contributed by atoms with E-state index in [1.807, 2.05) is 12.3 Å². The quantitative estimate of drug-likeness (QED) is 0.844. The summed E-state index contributed by atoms with van der Waals surface area (Å²) in [6.07, 6.45) is 6.31. The minimum absolute atomic E-state index is 0.200. The molecule has 4 rings (SSSR count). The maximum atomic E-state index is 6.15. The average molecular weight is 330 g/mol. The van der Waals surface area contributed by atoms with E-state index in [1.54, 1.807) is 17.5 Å². The number of morpholine rings is 1. The Kier molecular flexibility index (Phi) is 4.71.